The van der Waals surface area contributed by atoms with E-state index in [1.165, 1.54) is 26.4 Å². The van der Waals surface area contributed by atoms with Crippen LogP contribution in [0.4, 0.5) is 0 Å². The smallest absolute Gasteiger partial charge is 0.306 e. The second-order valence-electron chi connectivity index (χ2n) is 4.04. The first-order chi connectivity index (χ1) is 6.76. The molecule has 1 atom stereocenters. The summed E-state index contributed by atoms with van der Waals surface area (Å²) in [6.45, 7) is 5.42. The van der Waals surface area contributed by atoms with E-state index in [9.17, 15) is 4.79 Å². The van der Waals surface area contributed by atoms with Gasteiger partial charge in [-0.25, -0.2) is 0 Å². The summed E-state index contributed by atoms with van der Waals surface area (Å²) in [5.74, 6) is 0.741. The molecule has 0 aromatic rings. The van der Waals surface area contributed by atoms with Crippen LogP contribution >= 0.6 is 0 Å². The molecule has 1 aliphatic rings. The van der Waals surface area contributed by atoms with E-state index in [-0.39, 0.29) is 5.97 Å². The Labute approximate surface area is 86.4 Å². The summed E-state index contributed by atoms with van der Waals surface area (Å²) < 4.78 is 4.63. The lowest BCUT2D eigenvalue weighted by atomic mass is 9.95. The summed E-state index contributed by atoms with van der Waals surface area (Å²) >= 11 is 0. The van der Waals surface area contributed by atoms with Gasteiger partial charge in [-0.15, -0.1) is 0 Å². The van der Waals surface area contributed by atoms with Crippen molar-refractivity contribution < 1.29 is 9.53 Å². The van der Waals surface area contributed by atoms with Crippen LogP contribution in [0, 0.1) is 5.92 Å². The largest absolute Gasteiger partial charge is 0.469 e. The Morgan fingerprint density at radius 2 is 2.36 bits per heavy atom. The molecule has 1 aliphatic heterocycles. The Kier molecular flexibility index (Phi) is 4.94. The van der Waals surface area contributed by atoms with Crippen LogP contribution in [0.25, 0.3) is 0 Å². The lowest BCUT2D eigenvalue weighted by Crippen LogP contribution is -2.36. The maximum absolute atomic E-state index is 11.0. The SMILES string of the molecule is CCC1CCCN(CCC(=O)OC)C1. The van der Waals surface area contributed by atoms with E-state index in [1.807, 2.05) is 0 Å². The molecular formula is C11H21NO2. The monoisotopic (exact) mass is 199 g/mol. The molecule has 1 heterocycles. The van der Waals surface area contributed by atoms with E-state index in [0.717, 1.165) is 25.6 Å². The number of esters is 1. The molecule has 0 aromatic carbocycles. The molecule has 14 heavy (non-hydrogen) atoms. The fourth-order valence-electron chi connectivity index (χ4n) is 2.04. The molecular weight excluding hydrogens is 178 g/mol. The lowest BCUT2D eigenvalue weighted by Gasteiger charge is -2.31. The Morgan fingerprint density at radius 1 is 1.57 bits per heavy atom. The van der Waals surface area contributed by atoms with Crippen molar-refractivity contribution in [1.82, 2.24) is 4.90 Å². The van der Waals surface area contributed by atoms with E-state index in [1.54, 1.807) is 0 Å². The van der Waals surface area contributed by atoms with Gasteiger partial charge in [-0.1, -0.05) is 13.3 Å². The van der Waals surface area contributed by atoms with Gasteiger partial charge >= 0.3 is 5.97 Å². The van der Waals surface area contributed by atoms with Crippen LogP contribution in [0.1, 0.15) is 32.6 Å². The van der Waals surface area contributed by atoms with Gasteiger partial charge < -0.3 is 9.64 Å². The van der Waals surface area contributed by atoms with Gasteiger partial charge in [0.15, 0.2) is 0 Å². The summed E-state index contributed by atoms with van der Waals surface area (Å²) in [7, 11) is 1.45. The number of carbonyl (C=O) groups excluding carboxylic acids is 1. The second kappa shape index (κ2) is 6.02. The number of piperidine rings is 1. The molecule has 0 amide bonds. The zero-order chi connectivity index (χ0) is 10.4. The van der Waals surface area contributed by atoms with Crippen molar-refractivity contribution in [2.45, 2.75) is 32.6 Å². The number of likely N-dealkylation sites (tertiary alicyclic amines) is 1. The van der Waals surface area contributed by atoms with Gasteiger partial charge in [0.05, 0.1) is 13.5 Å². The summed E-state index contributed by atoms with van der Waals surface area (Å²) in [5, 5.41) is 0. The van der Waals surface area contributed by atoms with Gasteiger partial charge in [0.1, 0.15) is 0 Å². The van der Waals surface area contributed by atoms with Crippen molar-refractivity contribution in [3.8, 4) is 0 Å². The molecule has 0 radical (unpaired) electrons. The first kappa shape index (κ1) is 11.5. The van der Waals surface area contributed by atoms with Gasteiger partial charge in [0.25, 0.3) is 0 Å². The van der Waals surface area contributed by atoms with E-state index in [2.05, 4.69) is 16.6 Å². The first-order valence-corrected chi connectivity index (χ1v) is 5.55. The van der Waals surface area contributed by atoms with Crippen molar-refractivity contribution in [3.63, 3.8) is 0 Å². The minimum absolute atomic E-state index is 0.0939. The third-order valence-electron chi connectivity index (χ3n) is 3.04. The van der Waals surface area contributed by atoms with Gasteiger partial charge in [0, 0.05) is 13.1 Å². The maximum atomic E-state index is 11.0. The van der Waals surface area contributed by atoms with Crippen molar-refractivity contribution in [2.75, 3.05) is 26.7 Å². The van der Waals surface area contributed by atoms with Crippen molar-refractivity contribution >= 4 is 5.97 Å². The van der Waals surface area contributed by atoms with Gasteiger partial charge in [-0.2, -0.15) is 0 Å². The molecule has 0 aliphatic carbocycles. The molecule has 82 valence electrons. The van der Waals surface area contributed by atoms with E-state index in [4.69, 9.17) is 0 Å². The number of hydrogen-bond donors (Lipinski definition) is 0. The number of nitrogens with zero attached hydrogens (tertiary/aromatic N) is 1. The van der Waals surface area contributed by atoms with E-state index >= 15 is 0 Å². The van der Waals surface area contributed by atoms with Crippen LogP contribution in [0.2, 0.25) is 0 Å². The number of hydrogen-bond acceptors (Lipinski definition) is 3. The predicted molar refractivity (Wildman–Crippen MR) is 56.1 cm³/mol. The molecule has 0 N–H and O–H groups in total. The third kappa shape index (κ3) is 3.66. The Hall–Kier alpha value is -0.570. The molecule has 0 aromatic heterocycles. The average molecular weight is 199 g/mol. The Bertz CT molecular complexity index is 182. The molecule has 3 nitrogen and oxygen atoms in total. The quantitative estimate of drug-likeness (QED) is 0.645. The van der Waals surface area contributed by atoms with Gasteiger partial charge in [-0.05, 0) is 25.3 Å². The normalized spacial score (nSPS) is 23.4. The Balaban J connectivity index is 2.20. The number of rotatable bonds is 4. The fourth-order valence-corrected chi connectivity index (χ4v) is 2.04. The van der Waals surface area contributed by atoms with Gasteiger partial charge in [-0.3, -0.25) is 4.79 Å². The summed E-state index contributed by atoms with van der Waals surface area (Å²) in [4.78, 5) is 13.3. The second-order valence-corrected chi connectivity index (χ2v) is 4.04. The van der Waals surface area contributed by atoms with Crippen LogP contribution in [0.5, 0.6) is 0 Å². The number of methoxy groups -OCH3 is 1. The summed E-state index contributed by atoms with van der Waals surface area (Å²) in [6.07, 6.45) is 4.42. The minimum Gasteiger partial charge on any atom is -0.469 e. The first-order valence-electron chi connectivity index (χ1n) is 5.55. The zero-order valence-corrected chi connectivity index (χ0v) is 9.29. The van der Waals surface area contributed by atoms with Crippen LogP contribution in [-0.4, -0.2) is 37.6 Å². The van der Waals surface area contributed by atoms with Crippen LogP contribution in [0.15, 0.2) is 0 Å². The third-order valence-corrected chi connectivity index (χ3v) is 3.04. The van der Waals surface area contributed by atoms with Gasteiger partial charge in [0.2, 0.25) is 0 Å². The Morgan fingerprint density at radius 3 is 3.00 bits per heavy atom. The molecule has 1 unspecified atom stereocenters. The van der Waals surface area contributed by atoms with Crippen molar-refractivity contribution in [1.29, 1.82) is 0 Å². The van der Waals surface area contributed by atoms with E-state index < -0.39 is 0 Å². The van der Waals surface area contributed by atoms with Crippen LogP contribution in [-0.2, 0) is 9.53 Å². The molecule has 0 saturated carbocycles. The molecule has 1 rings (SSSR count). The van der Waals surface area contributed by atoms with Crippen molar-refractivity contribution in [2.24, 2.45) is 5.92 Å². The molecule has 0 bridgehead atoms. The highest BCUT2D eigenvalue weighted by Gasteiger charge is 2.18. The summed E-state index contributed by atoms with van der Waals surface area (Å²) in [5.41, 5.74) is 0. The van der Waals surface area contributed by atoms with E-state index in [0.29, 0.717) is 6.42 Å². The number of carbonyl (C=O) groups is 1. The highest BCUT2D eigenvalue weighted by molar-refractivity contribution is 5.69. The van der Waals surface area contributed by atoms with Crippen LogP contribution < -0.4 is 0 Å². The fraction of sp³-hybridized carbons (Fsp3) is 0.909. The minimum atomic E-state index is -0.0939. The average Bonchev–Trinajstić information content (AvgIpc) is 2.26. The number of ether oxygens (including phenoxy) is 1. The maximum Gasteiger partial charge on any atom is 0.306 e. The molecule has 1 fully saturated rings. The topological polar surface area (TPSA) is 29.5 Å². The predicted octanol–water partition coefficient (Wildman–Crippen LogP) is 1.67. The highest BCUT2D eigenvalue weighted by atomic mass is 16.5. The van der Waals surface area contributed by atoms with Crippen molar-refractivity contribution in [3.05, 3.63) is 0 Å². The zero-order valence-electron chi connectivity index (χ0n) is 9.29. The molecule has 1 saturated heterocycles. The molecule has 0 spiro atoms. The molecule has 3 heteroatoms. The lowest BCUT2D eigenvalue weighted by molar-refractivity contribution is -0.141. The van der Waals surface area contributed by atoms with Crippen LogP contribution in [0.3, 0.4) is 0 Å². The highest BCUT2D eigenvalue weighted by Crippen LogP contribution is 2.18. The summed E-state index contributed by atoms with van der Waals surface area (Å²) in [6, 6.07) is 0. The standard InChI is InChI=1S/C11H21NO2/c1-3-10-5-4-7-12(9-10)8-6-11(13)14-2/h10H,3-9H2,1-2H3.